The van der Waals surface area contributed by atoms with E-state index in [-0.39, 0.29) is 11.9 Å². The van der Waals surface area contributed by atoms with Gasteiger partial charge in [-0.1, -0.05) is 6.07 Å². The van der Waals surface area contributed by atoms with Crippen molar-refractivity contribution >= 4 is 23.3 Å². The zero-order valence-corrected chi connectivity index (χ0v) is 13.0. The quantitative estimate of drug-likeness (QED) is 0.912. The highest BCUT2D eigenvalue weighted by Gasteiger charge is 2.18. The lowest BCUT2D eigenvalue weighted by Crippen LogP contribution is -2.46. The number of nitrogens with zero attached hydrogens (tertiary/aromatic N) is 2. The molecule has 1 aliphatic rings. The van der Waals surface area contributed by atoms with E-state index >= 15 is 0 Å². The second-order valence-electron chi connectivity index (χ2n) is 5.43. The molecule has 3 amide bonds. The van der Waals surface area contributed by atoms with Crippen molar-refractivity contribution in [3.8, 4) is 6.07 Å². The highest BCUT2D eigenvalue weighted by Crippen LogP contribution is 2.20. The van der Waals surface area contributed by atoms with Crippen LogP contribution in [-0.2, 0) is 0 Å². The van der Waals surface area contributed by atoms with E-state index in [1.54, 1.807) is 53.4 Å². The Morgan fingerprint density at radius 1 is 1.21 bits per heavy atom. The summed E-state index contributed by atoms with van der Waals surface area (Å²) in [4.78, 5) is 25.7. The summed E-state index contributed by atoms with van der Waals surface area (Å²) < 4.78 is 0. The average Bonchev–Trinajstić information content (AvgIpc) is 2.63. The molecule has 0 bridgehead atoms. The summed E-state index contributed by atoms with van der Waals surface area (Å²) in [7, 11) is 0. The van der Waals surface area contributed by atoms with Crippen LogP contribution in [0.25, 0.3) is 0 Å². The second kappa shape index (κ2) is 6.84. The first kappa shape index (κ1) is 15.6. The summed E-state index contributed by atoms with van der Waals surface area (Å²) in [5.41, 5.74) is 2.28. The Morgan fingerprint density at radius 2 is 2.00 bits per heavy atom. The fourth-order valence-electron chi connectivity index (χ4n) is 2.53. The van der Waals surface area contributed by atoms with E-state index in [1.807, 2.05) is 6.07 Å². The van der Waals surface area contributed by atoms with Gasteiger partial charge in [-0.2, -0.15) is 5.26 Å². The molecule has 3 rings (SSSR count). The zero-order chi connectivity index (χ0) is 16.9. The zero-order valence-electron chi connectivity index (χ0n) is 13.0. The first-order valence-corrected chi connectivity index (χ1v) is 7.64. The summed E-state index contributed by atoms with van der Waals surface area (Å²) in [6, 6.07) is 15.5. The van der Waals surface area contributed by atoms with Gasteiger partial charge in [0.1, 0.15) is 0 Å². The number of carbonyl (C=O) groups is 2. The fourth-order valence-corrected chi connectivity index (χ4v) is 2.53. The van der Waals surface area contributed by atoms with Crippen molar-refractivity contribution in [2.75, 3.05) is 23.3 Å². The van der Waals surface area contributed by atoms with Gasteiger partial charge in [0, 0.05) is 30.0 Å². The predicted molar refractivity (Wildman–Crippen MR) is 90.9 cm³/mol. The lowest BCUT2D eigenvalue weighted by atomic mass is 10.1. The molecule has 0 spiro atoms. The minimum absolute atomic E-state index is 0.105. The molecule has 0 aliphatic carbocycles. The third kappa shape index (κ3) is 3.36. The Kier molecular flexibility index (Phi) is 4.43. The van der Waals surface area contributed by atoms with Gasteiger partial charge < -0.3 is 10.6 Å². The van der Waals surface area contributed by atoms with Crippen LogP contribution in [-0.4, -0.2) is 25.0 Å². The molecule has 2 aromatic carbocycles. The molecule has 0 saturated carbocycles. The molecule has 1 heterocycles. The van der Waals surface area contributed by atoms with E-state index in [9.17, 15) is 9.59 Å². The van der Waals surface area contributed by atoms with E-state index in [0.717, 1.165) is 12.1 Å². The highest BCUT2D eigenvalue weighted by molar-refractivity contribution is 6.04. The molecule has 0 unspecified atom stereocenters. The minimum atomic E-state index is -0.282. The SMILES string of the molecule is N#Cc1cccc(C(=O)Nc2ccc(N3CCCNC3=O)cc2)c1. The molecule has 1 fully saturated rings. The number of amides is 3. The second-order valence-corrected chi connectivity index (χ2v) is 5.43. The maximum Gasteiger partial charge on any atom is 0.321 e. The predicted octanol–water partition coefficient (Wildman–Crippen LogP) is 2.73. The molecule has 0 atom stereocenters. The molecular formula is C18H16N4O2. The van der Waals surface area contributed by atoms with Crippen molar-refractivity contribution in [1.82, 2.24) is 5.32 Å². The molecule has 1 saturated heterocycles. The van der Waals surface area contributed by atoms with Crippen LogP contribution in [0.2, 0.25) is 0 Å². The summed E-state index contributed by atoms with van der Waals surface area (Å²) in [6.07, 6.45) is 0.902. The van der Waals surface area contributed by atoms with E-state index in [0.29, 0.717) is 29.9 Å². The fraction of sp³-hybridized carbons (Fsp3) is 0.167. The van der Waals surface area contributed by atoms with Gasteiger partial charge in [-0.3, -0.25) is 9.69 Å². The number of nitrogens with one attached hydrogen (secondary N) is 2. The van der Waals surface area contributed by atoms with Crippen LogP contribution in [0.3, 0.4) is 0 Å². The third-order valence-electron chi connectivity index (χ3n) is 3.77. The number of urea groups is 1. The van der Waals surface area contributed by atoms with Gasteiger partial charge >= 0.3 is 6.03 Å². The van der Waals surface area contributed by atoms with Crippen molar-refractivity contribution in [3.05, 3.63) is 59.7 Å². The van der Waals surface area contributed by atoms with E-state index in [4.69, 9.17) is 5.26 Å². The summed E-state index contributed by atoms with van der Waals surface area (Å²) >= 11 is 0. The Bertz CT molecular complexity index is 809. The number of rotatable bonds is 3. The lowest BCUT2D eigenvalue weighted by molar-refractivity contribution is 0.102. The van der Waals surface area contributed by atoms with Crippen LogP contribution < -0.4 is 15.5 Å². The summed E-state index contributed by atoms with van der Waals surface area (Å²) in [5, 5.41) is 14.5. The van der Waals surface area contributed by atoms with Crippen molar-refractivity contribution in [2.24, 2.45) is 0 Å². The molecule has 6 nitrogen and oxygen atoms in total. The maximum absolute atomic E-state index is 12.2. The molecule has 24 heavy (non-hydrogen) atoms. The first-order chi connectivity index (χ1) is 11.7. The Morgan fingerprint density at radius 3 is 2.71 bits per heavy atom. The largest absolute Gasteiger partial charge is 0.338 e. The number of carbonyl (C=O) groups excluding carboxylic acids is 2. The molecule has 0 radical (unpaired) electrons. The normalized spacial score (nSPS) is 13.8. The standard InChI is InChI=1S/C18H16N4O2/c19-12-13-3-1-4-14(11-13)17(23)21-15-5-7-16(8-6-15)22-10-2-9-20-18(22)24/h1,3-8,11H,2,9-10H2,(H,20,24)(H,21,23). The number of benzene rings is 2. The van der Waals surface area contributed by atoms with E-state index < -0.39 is 0 Å². The monoisotopic (exact) mass is 320 g/mol. The molecule has 120 valence electrons. The number of hydrogen-bond acceptors (Lipinski definition) is 3. The van der Waals surface area contributed by atoms with Crippen molar-refractivity contribution in [3.63, 3.8) is 0 Å². The van der Waals surface area contributed by atoms with E-state index in [2.05, 4.69) is 10.6 Å². The molecule has 0 aromatic heterocycles. The van der Waals surface area contributed by atoms with Gasteiger partial charge in [0.2, 0.25) is 0 Å². The summed E-state index contributed by atoms with van der Waals surface area (Å²) in [6.45, 7) is 1.38. The van der Waals surface area contributed by atoms with Crippen LogP contribution in [0.1, 0.15) is 22.3 Å². The average molecular weight is 320 g/mol. The van der Waals surface area contributed by atoms with E-state index in [1.165, 1.54) is 0 Å². The Balaban J connectivity index is 1.70. The van der Waals surface area contributed by atoms with Gasteiger partial charge in [0.25, 0.3) is 5.91 Å². The molecule has 2 N–H and O–H groups in total. The van der Waals surface area contributed by atoms with Crippen LogP contribution in [0.4, 0.5) is 16.2 Å². The number of hydrogen-bond donors (Lipinski definition) is 2. The molecule has 1 aliphatic heterocycles. The van der Waals surface area contributed by atoms with Crippen LogP contribution in [0, 0.1) is 11.3 Å². The van der Waals surface area contributed by atoms with Crippen molar-refractivity contribution < 1.29 is 9.59 Å². The number of anilines is 2. The Hall–Kier alpha value is -3.33. The smallest absolute Gasteiger partial charge is 0.321 e. The van der Waals surface area contributed by atoms with Gasteiger partial charge in [-0.05, 0) is 48.9 Å². The van der Waals surface area contributed by atoms with Crippen LogP contribution in [0.5, 0.6) is 0 Å². The lowest BCUT2D eigenvalue weighted by Gasteiger charge is -2.27. The molecule has 2 aromatic rings. The molecular weight excluding hydrogens is 304 g/mol. The maximum atomic E-state index is 12.2. The highest BCUT2D eigenvalue weighted by atomic mass is 16.2. The van der Waals surface area contributed by atoms with Gasteiger partial charge in [-0.25, -0.2) is 4.79 Å². The minimum Gasteiger partial charge on any atom is -0.338 e. The van der Waals surface area contributed by atoms with Crippen molar-refractivity contribution in [1.29, 1.82) is 5.26 Å². The van der Waals surface area contributed by atoms with Gasteiger partial charge in [-0.15, -0.1) is 0 Å². The van der Waals surface area contributed by atoms with Crippen LogP contribution in [0.15, 0.2) is 48.5 Å². The van der Waals surface area contributed by atoms with Crippen molar-refractivity contribution in [2.45, 2.75) is 6.42 Å². The van der Waals surface area contributed by atoms with Gasteiger partial charge in [0.05, 0.1) is 11.6 Å². The summed E-state index contributed by atoms with van der Waals surface area (Å²) in [5.74, 6) is -0.282. The topological polar surface area (TPSA) is 85.2 Å². The first-order valence-electron chi connectivity index (χ1n) is 7.64. The number of nitriles is 1. The Labute approximate surface area is 139 Å². The third-order valence-corrected chi connectivity index (χ3v) is 3.77. The molecule has 6 heteroatoms. The van der Waals surface area contributed by atoms with Crippen LogP contribution >= 0.6 is 0 Å². The van der Waals surface area contributed by atoms with Gasteiger partial charge in [0.15, 0.2) is 0 Å².